The molecule has 0 aromatic heterocycles. The van der Waals surface area contributed by atoms with Gasteiger partial charge in [0.05, 0.1) is 0 Å². The first-order chi connectivity index (χ1) is 9.78. The molecule has 4 nitrogen and oxygen atoms in total. The topological polar surface area (TPSA) is 36.9 Å². The SMILES string of the molecule is B[C@@H]1O[C@H](CC)C(OP(C)[O][Ce])[C@@H]1OCSSC(C)(C)C. The van der Waals surface area contributed by atoms with Crippen molar-refractivity contribution < 1.29 is 55.0 Å². The van der Waals surface area contributed by atoms with Crippen LogP contribution < -0.4 is 0 Å². The van der Waals surface area contributed by atoms with Crippen LogP contribution in [0.5, 0.6) is 0 Å². The van der Waals surface area contributed by atoms with E-state index in [2.05, 4.69) is 35.5 Å². The molecule has 0 saturated carbocycles. The van der Waals surface area contributed by atoms with Gasteiger partial charge in [-0.1, -0.05) is 0 Å². The zero-order chi connectivity index (χ0) is 16.0. The van der Waals surface area contributed by atoms with Gasteiger partial charge in [-0.3, -0.25) is 0 Å². The third kappa shape index (κ3) is 7.89. The van der Waals surface area contributed by atoms with Crippen LogP contribution in [0, 0.1) is 40.2 Å². The molecule has 1 saturated heterocycles. The fourth-order valence-corrected chi connectivity index (χ4v) is 5.13. The number of rotatable bonds is 8. The van der Waals surface area contributed by atoms with Crippen molar-refractivity contribution in [1.82, 2.24) is 0 Å². The molecule has 121 valence electrons. The molecule has 2 unspecified atom stereocenters. The molecule has 0 bridgehead atoms. The Kier molecular flexibility index (Phi) is 10.6. The molecule has 0 spiro atoms. The Morgan fingerprint density at radius 2 is 2.00 bits per heavy atom. The molecule has 21 heavy (non-hydrogen) atoms. The molecule has 0 aliphatic carbocycles. The molecule has 5 atom stereocenters. The van der Waals surface area contributed by atoms with Crippen LogP contribution in [0.4, 0.5) is 0 Å². The van der Waals surface area contributed by atoms with E-state index in [9.17, 15) is 0 Å². The van der Waals surface area contributed by atoms with Crippen molar-refractivity contribution >= 4 is 37.8 Å². The summed E-state index contributed by atoms with van der Waals surface area (Å²) in [7, 11) is 4.84. The third-order valence-electron chi connectivity index (χ3n) is 2.96. The zero-order valence-electron chi connectivity index (χ0n) is 13.6. The van der Waals surface area contributed by atoms with E-state index in [0.717, 1.165) is 6.42 Å². The summed E-state index contributed by atoms with van der Waals surface area (Å²) in [6, 6.07) is 0.0673. The van der Waals surface area contributed by atoms with Gasteiger partial charge in [0.15, 0.2) is 0 Å². The van der Waals surface area contributed by atoms with Gasteiger partial charge in [0.25, 0.3) is 0 Å². The fraction of sp³-hybridized carbons (Fsp3) is 1.00. The molecule has 1 rings (SSSR count). The maximum atomic E-state index is 6.06. The minimum atomic E-state index is -0.815. The van der Waals surface area contributed by atoms with Gasteiger partial charge in [0, 0.05) is 0 Å². The Balaban J connectivity index is 2.51. The molecule has 0 radical (unpaired) electrons. The molecule has 0 amide bonds. The second-order valence-electron chi connectivity index (χ2n) is 5.95. The first-order valence-electron chi connectivity index (χ1n) is 7.10. The van der Waals surface area contributed by atoms with Crippen molar-refractivity contribution in [2.75, 3.05) is 12.6 Å². The van der Waals surface area contributed by atoms with Crippen LogP contribution in [0.2, 0.25) is 0 Å². The van der Waals surface area contributed by atoms with E-state index in [1.807, 2.05) is 17.5 Å². The normalized spacial score (nSPS) is 31.4. The molecular weight excluding hydrogens is 454 g/mol. The average Bonchev–Trinajstić information content (AvgIpc) is 2.69. The summed E-state index contributed by atoms with van der Waals surface area (Å²) in [6.45, 7) is 10.7. The van der Waals surface area contributed by atoms with Gasteiger partial charge in [-0.2, -0.15) is 0 Å². The Bertz CT molecular complexity index is 311. The Morgan fingerprint density at radius 3 is 2.52 bits per heavy atom. The first kappa shape index (κ1) is 21.5. The summed E-state index contributed by atoms with van der Waals surface area (Å²) >= 11 is 0.699. The monoisotopic (exact) mass is 479 g/mol. The molecule has 1 aliphatic heterocycles. The molecule has 0 aromatic carbocycles. The molecule has 0 aromatic rings. The number of hydrogen-bond acceptors (Lipinski definition) is 6. The van der Waals surface area contributed by atoms with E-state index in [1.165, 1.54) is 0 Å². The molecular formula is C12H25BCeO4PS2. The average molecular weight is 479 g/mol. The minimum absolute atomic E-state index is 0.00946. The Hall–Kier alpha value is 2.41. The number of ether oxygens (including phenoxy) is 2. The quantitative estimate of drug-likeness (QED) is 0.175. The van der Waals surface area contributed by atoms with Crippen molar-refractivity contribution in [3.05, 3.63) is 0 Å². The summed E-state index contributed by atoms with van der Waals surface area (Å²) in [5.74, 6) is 0.653. The van der Waals surface area contributed by atoms with E-state index in [-0.39, 0.29) is 29.1 Å². The van der Waals surface area contributed by atoms with E-state index < -0.39 is 8.38 Å². The van der Waals surface area contributed by atoms with Crippen LogP contribution in [0.25, 0.3) is 0 Å². The van der Waals surface area contributed by atoms with Crippen LogP contribution in [0.1, 0.15) is 34.1 Å². The molecule has 0 N–H and O–H groups in total. The third-order valence-corrected chi connectivity index (χ3v) is 9.17. The fourth-order valence-electron chi connectivity index (χ4n) is 2.10. The maximum absolute atomic E-state index is 6.06. The summed E-state index contributed by atoms with van der Waals surface area (Å²) < 4.78 is 23.8. The predicted molar refractivity (Wildman–Crippen MR) is 91.0 cm³/mol. The van der Waals surface area contributed by atoms with Crippen molar-refractivity contribution in [2.45, 2.75) is 63.2 Å². The van der Waals surface area contributed by atoms with Crippen LogP contribution in [-0.2, 0) is 14.7 Å². The van der Waals surface area contributed by atoms with Gasteiger partial charge >= 0.3 is 169 Å². The summed E-state index contributed by atoms with van der Waals surface area (Å²) in [5, 5.41) is 0. The summed E-state index contributed by atoms with van der Waals surface area (Å²) in [4.78, 5) is 0. The van der Waals surface area contributed by atoms with Crippen molar-refractivity contribution in [3.8, 4) is 0 Å². The van der Waals surface area contributed by atoms with E-state index in [1.54, 1.807) is 10.8 Å². The zero-order valence-corrected chi connectivity index (χ0v) is 19.3. The van der Waals surface area contributed by atoms with E-state index in [0.29, 0.717) is 46.2 Å². The van der Waals surface area contributed by atoms with Crippen LogP contribution in [0.15, 0.2) is 0 Å². The predicted octanol–water partition coefficient (Wildman–Crippen LogP) is 3.08. The van der Waals surface area contributed by atoms with Crippen LogP contribution >= 0.6 is 30.0 Å². The second kappa shape index (κ2) is 10.4. The Morgan fingerprint density at radius 1 is 1.33 bits per heavy atom. The van der Waals surface area contributed by atoms with Crippen LogP contribution in [0.3, 0.4) is 0 Å². The van der Waals surface area contributed by atoms with Gasteiger partial charge in [0.1, 0.15) is 0 Å². The molecule has 1 fully saturated rings. The van der Waals surface area contributed by atoms with Gasteiger partial charge in [0.2, 0.25) is 0 Å². The Labute approximate surface area is 167 Å². The number of hydrogen-bond donors (Lipinski definition) is 0. The summed E-state index contributed by atoms with van der Waals surface area (Å²) in [6.07, 6.45) is 1.01. The molecule has 9 heteroatoms. The van der Waals surface area contributed by atoms with E-state index in [4.69, 9.17) is 14.7 Å². The van der Waals surface area contributed by atoms with Crippen LogP contribution in [-0.4, -0.2) is 49.5 Å². The van der Waals surface area contributed by atoms with Crippen molar-refractivity contribution in [3.63, 3.8) is 0 Å². The van der Waals surface area contributed by atoms with Gasteiger partial charge < -0.3 is 0 Å². The standard InChI is InChI=1S/C12H25BO4PS2.Ce/c1-6-8-9(17-18(5)14)10(11(13)16-8)15-7-19-20-12(2,3)4;/h8-11H,6-7,13H2,1-5H3;/q-1;+1/t8-,9?,10+,11-,18?;/m1./s1. The van der Waals surface area contributed by atoms with Gasteiger partial charge in [-0.05, 0) is 0 Å². The van der Waals surface area contributed by atoms with Gasteiger partial charge in [-0.25, -0.2) is 0 Å². The van der Waals surface area contributed by atoms with Crippen molar-refractivity contribution in [1.29, 1.82) is 0 Å². The first-order valence-corrected chi connectivity index (χ1v) is 12.3. The van der Waals surface area contributed by atoms with Gasteiger partial charge in [-0.15, -0.1) is 0 Å². The van der Waals surface area contributed by atoms with Crippen molar-refractivity contribution in [2.24, 2.45) is 0 Å². The molecule has 1 heterocycles. The molecule has 1 aliphatic rings. The second-order valence-corrected chi connectivity index (χ2v) is 12.0. The van der Waals surface area contributed by atoms with E-state index >= 15 is 0 Å². The summed E-state index contributed by atoms with van der Waals surface area (Å²) in [5.41, 5.74) is 0.